The zero-order chi connectivity index (χ0) is 19.9. The van der Waals surface area contributed by atoms with Gasteiger partial charge in [-0.05, 0) is 43.0 Å². The lowest BCUT2D eigenvalue weighted by Gasteiger charge is -2.14. The molecule has 8 nitrogen and oxygen atoms in total. The van der Waals surface area contributed by atoms with Crippen molar-refractivity contribution >= 4 is 35.7 Å². The normalized spacial score (nSPS) is 13.3. The second kappa shape index (κ2) is 9.26. The van der Waals surface area contributed by atoms with E-state index in [1.165, 1.54) is 11.3 Å². The number of carbonyl (C=O) groups is 1. The number of carbonyl (C=O) groups excluding carboxylic acids is 1. The number of hydrogen-bond acceptors (Lipinski definition) is 8. The summed E-state index contributed by atoms with van der Waals surface area (Å²) in [6.07, 6.45) is 7.49. The molecule has 146 valence electrons. The number of anilines is 1. The predicted molar refractivity (Wildman–Crippen MR) is 102 cm³/mol. The Morgan fingerprint density at radius 3 is 2.82 bits per heavy atom. The lowest BCUT2D eigenvalue weighted by atomic mass is 10.1. The molecule has 0 spiro atoms. The average Bonchev–Trinajstić information content (AvgIpc) is 3.14. The maximum Gasteiger partial charge on any atom is 0.339 e. The van der Waals surface area contributed by atoms with Crippen molar-refractivity contribution in [3.8, 4) is 12.0 Å². The van der Waals surface area contributed by atoms with Crippen molar-refractivity contribution in [2.75, 3.05) is 18.2 Å². The third-order valence-electron chi connectivity index (χ3n) is 4.09. The zero-order valence-corrected chi connectivity index (χ0v) is 15.8. The molecule has 1 aliphatic rings. The van der Waals surface area contributed by atoms with E-state index >= 15 is 0 Å². The van der Waals surface area contributed by atoms with E-state index in [0.717, 1.165) is 29.2 Å². The molecule has 28 heavy (non-hydrogen) atoms. The Bertz CT molecular complexity index is 947. The number of nitrogens with zero attached hydrogens (tertiary/aromatic N) is 3. The number of nitrogens with two attached hydrogens (primary N) is 1. The molecule has 0 saturated carbocycles. The van der Waals surface area contributed by atoms with Crippen LogP contribution in [-0.2, 0) is 16.0 Å². The van der Waals surface area contributed by atoms with Crippen molar-refractivity contribution in [1.82, 2.24) is 4.98 Å². The summed E-state index contributed by atoms with van der Waals surface area (Å²) < 4.78 is 15.5. The van der Waals surface area contributed by atoms with Crippen LogP contribution >= 0.6 is 11.6 Å². The minimum Gasteiger partial charge on any atom is -0.492 e. The van der Waals surface area contributed by atoms with Crippen LogP contribution in [0.1, 0.15) is 18.4 Å². The van der Waals surface area contributed by atoms with E-state index in [2.05, 4.69) is 9.72 Å². The summed E-state index contributed by atoms with van der Waals surface area (Å²) in [4.78, 5) is 15.7. The molecule has 3 rings (SSSR count). The second-order valence-electron chi connectivity index (χ2n) is 6.10. The lowest BCUT2D eigenvalue weighted by Crippen LogP contribution is -2.35. The van der Waals surface area contributed by atoms with Crippen LogP contribution in [0.15, 0.2) is 28.7 Å². The molecule has 0 saturated heterocycles. The molecule has 1 atom stereocenters. The fraction of sp³-hybridized carbons (Fsp3) is 0.316. The Morgan fingerprint density at radius 2 is 2.11 bits per heavy atom. The minimum atomic E-state index is -0.918. The fourth-order valence-corrected chi connectivity index (χ4v) is 2.88. The first-order chi connectivity index (χ1) is 13.6. The number of esters is 1. The van der Waals surface area contributed by atoms with E-state index < -0.39 is 11.3 Å². The van der Waals surface area contributed by atoms with Gasteiger partial charge >= 0.3 is 12.0 Å². The second-order valence-corrected chi connectivity index (χ2v) is 6.63. The highest BCUT2D eigenvalue weighted by molar-refractivity contribution is 6.30. The monoisotopic (exact) mass is 402 g/mol. The van der Waals surface area contributed by atoms with Crippen molar-refractivity contribution < 1.29 is 18.7 Å². The van der Waals surface area contributed by atoms with E-state index in [0.29, 0.717) is 24.9 Å². The van der Waals surface area contributed by atoms with Gasteiger partial charge in [-0.1, -0.05) is 18.2 Å². The number of benzene rings is 1. The van der Waals surface area contributed by atoms with E-state index in [9.17, 15) is 4.79 Å². The Morgan fingerprint density at radius 1 is 1.36 bits per heavy atom. The SMILES string of the molecule is N#COC(=O)C(Cl)Cc1ccc(OCCN(N)c2nc3c(o2)=CCCC=3)cc1. The topological polar surface area (TPSA) is 115 Å². The van der Waals surface area contributed by atoms with Gasteiger partial charge < -0.3 is 13.9 Å². The predicted octanol–water partition coefficient (Wildman–Crippen LogP) is 0.963. The molecule has 9 heteroatoms. The fourth-order valence-electron chi connectivity index (χ4n) is 2.66. The quantitative estimate of drug-likeness (QED) is 0.228. The average molecular weight is 403 g/mol. The number of rotatable bonds is 8. The van der Waals surface area contributed by atoms with Crippen LogP contribution in [0.3, 0.4) is 0 Å². The highest BCUT2D eigenvalue weighted by atomic mass is 35.5. The number of ether oxygens (including phenoxy) is 2. The van der Waals surface area contributed by atoms with Crippen molar-refractivity contribution in [3.63, 3.8) is 0 Å². The molecular formula is C19H19ClN4O4. The molecule has 1 aromatic carbocycles. The van der Waals surface area contributed by atoms with E-state index in [4.69, 9.17) is 31.9 Å². The summed E-state index contributed by atoms with van der Waals surface area (Å²) in [6.45, 7) is 0.730. The van der Waals surface area contributed by atoms with E-state index in [1.54, 1.807) is 24.3 Å². The molecule has 0 bridgehead atoms. The lowest BCUT2D eigenvalue weighted by molar-refractivity contribution is -0.136. The number of oxazole rings is 1. The summed E-state index contributed by atoms with van der Waals surface area (Å²) in [5.74, 6) is 5.87. The highest BCUT2D eigenvalue weighted by Gasteiger charge is 2.17. The van der Waals surface area contributed by atoms with Crippen molar-refractivity contribution in [2.24, 2.45) is 5.84 Å². The first-order valence-electron chi connectivity index (χ1n) is 8.72. The molecule has 1 unspecified atom stereocenters. The molecule has 2 N–H and O–H groups in total. The summed E-state index contributed by atoms with van der Waals surface area (Å²) in [6, 6.07) is 7.47. The van der Waals surface area contributed by atoms with Crippen LogP contribution in [0.5, 0.6) is 5.75 Å². The first kappa shape index (κ1) is 19.7. The van der Waals surface area contributed by atoms with Crippen molar-refractivity contribution in [1.29, 1.82) is 5.26 Å². The Hall–Kier alpha value is -3.02. The standard InChI is InChI=1S/C19H19ClN4O4/c20-15(18(25)27-12-21)11-13-5-7-14(8-6-13)26-10-9-24(22)19-23-16-3-1-2-4-17(16)28-19/h3-8,15H,1-2,9-11,22H2. The van der Waals surface area contributed by atoms with Gasteiger partial charge in [0.1, 0.15) is 23.1 Å². The zero-order valence-electron chi connectivity index (χ0n) is 15.0. The molecule has 1 aromatic heterocycles. The molecule has 0 aliphatic heterocycles. The Kier molecular flexibility index (Phi) is 6.53. The highest BCUT2D eigenvalue weighted by Crippen LogP contribution is 2.16. The van der Waals surface area contributed by atoms with Crippen LogP contribution in [-0.4, -0.2) is 29.5 Å². The van der Waals surface area contributed by atoms with Crippen LogP contribution in [0, 0.1) is 11.5 Å². The number of fused-ring (bicyclic) bond motifs is 1. The number of hydrogen-bond donors (Lipinski definition) is 1. The van der Waals surface area contributed by atoms with Gasteiger partial charge in [-0.2, -0.15) is 4.98 Å². The van der Waals surface area contributed by atoms with Crippen molar-refractivity contribution in [2.45, 2.75) is 24.6 Å². The molecule has 0 fully saturated rings. The van der Waals surface area contributed by atoms with Gasteiger partial charge in [0.15, 0.2) is 5.42 Å². The van der Waals surface area contributed by atoms with Crippen molar-refractivity contribution in [3.05, 3.63) is 40.6 Å². The van der Waals surface area contributed by atoms with Crippen LogP contribution < -0.4 is 26.4 Å². The van der Waals surface area contributed by atoms with Gasteiger partial charge in [-0.3, -0.25) is 5.01 Å². The van der Waals surface area contributed by atoms with Gasteiger partial charge in [0.2, 0.25) is 0 Å². The van der Waals surface area contributed by atoms with Gasteiger partial charge in [0.05, 0.1) is 6.54 Å². The van der Waals surface area contributed by atoms with Crippen LogP contribution in [0.4, 0.5) is 6.01 Å². The molecule has 0 amide bonds. The van der Waals surface area contributed by atoms with Crippen LogP contribution in [0.2, 0.25) is 0 Å². The van der Waals surface area contributed by atoms with Gasteiger partial charge in [0, 0.05) is 0 Å². The van der Waals surface area contributed by atoms with E-state index in [1.807, 2.05) is 12.2 Å². The van der Waals surface area contributed by atoms with Gasteiger partial charge in [0.25, 0.3) is 6.26 Å². The minimum absolute atomic E-state index is 0.252. The number of aromatic nitrogens is 1. The third kappa shape index (κ3) is 5.03. The van der Waals surface area contributed by atoms with E-state index in [-0.39, 0.29) is 6.42 Å². The summed E-state index contributed by atoms with van der Waals surface area (Å²) >= 11 is 5.90. The molecule has 1 aliphatic carbocycles. The Labute approximate surface area is 166 Å². The largest absolute Gasteiger partial charge is 0.492 e. The molecular weight excluding hydrogens is 384 g/mol. The van der Waals surface area contributed by atoms with Gasteiger partial charge in [-0.15, -0.1) is 16.9 Å². The summed E-state index contributed by atoms with van der Waals surface area (Å²) in [5.41, 5.74) is 1.57. The number of nitriles is 1. The maximum atomic E-state index is 11.4. The third-order valence-corrected chi connectivity index (χ3v) is 4.42. The molecule has 2 aromatic rings. The molecule has 1 heterocycles. The maximum absolute atomic E-state index is 11.4. The number of hydrazine groups is 1. The summed E-state index contributed by atoms with van der Waals surface area (Å²) in [7, 11) is 0. The summed E-state index contributed by atoms with van der Waals surface area (Å²) in [5, 5.41) is 9.65. The van der Waals surface area contributed by atoms with Gasteiger partial charge in [-0.25, -0.2) is 10.6 Å². The number of alkyl halides is 1. The first-order valence-corrected chi connectivity index (χ1v) is 9.15. The molecule has 0 radical (unpaired) electrons. The van der Waals surface area contributed by atoms with Crippen LogP contribution in [0.25, 0.3) is 12.2 Å². The smallest absolute Gasteiger partial charge is 0.339 e. The Balaban J connectivity index is 1.48. The number of halogens is 1.